The summed E-state index contributed by atoms with van der Waals surface area (Å²) in [7, 11) is 1.70. The fourth-order valence-corrected chi connectivity index (χ4v) is 4.40. The Morgan fingerprint density at radius 1 is 1.29 bits per heavy atom. The van der Waals surface area contributed by atoms with E-state index in [0.717, 1.165) is 62.2 Å². The summed E-state index contributed by atoms with van der Waals surface area (Å²) >= 11 is 0. The molecule has 0 radical (unpaired) electrons. The van der Waals surface area contributed by atoms with Gasteiger partial charge in [-0.15, -0.1) is 0 Å². The van der Waals surface area contributed by atoms with Crippen LogP contribution in [0.4, 0.5) is 0 Å². The van der Waals surface area contributed by atoms with E-state index in [1.54, 1.807) is 7.11 Å². The molecule has 1 aliphatic heterocycles. The highest BCUT2D eigenvalue weighted by atomic mass is 16.5. The molecule has 2 aliphatic rings. The zero-order chi connectivity index (χ0) is 19.5. The van der Waals surface area contributed by atoms with E-state index >= 15 is 0 Å². The van der Waals surface area contributed by atoms with Gasteiger partial charge in [0.05, 0.1) is 6.61 Å². The number of ether oxygens (including phenoxy) is 1. The fourth-order valence-electron chi connectivity index (χ4n) is 4.40. The van der Waals surface area contributed by atoms with Gasteiger partial charge >= 0.3 is 0 Å². The molecule has 2 aromatic heterocycles. The Labute approximate surface area is 164 Å². The van der Waals surface area contributed by atoms with Crippen LogP contribution in [0, 0.1) is 0 Å². The summed E-state index contributed by atoms with van der Waals surface area (Å²) in [5, 5.41) is 0. The van der Waals surface area contributed by atoms with Crippen LogP contribution in [-0.2, 0) is 24.1 Å². The van der Waals surface area contributed by atoms with Gasteiger partial charge in [-0.25, -0.2) is 4.98 Å². The van der Waals surface area contributed by atoms with Gasteiger partial charge in [-0.3, -0.25) is 9.59 Å². The van der Waals surface area contributed by atoms with Crippen LogP contribution in [0.25, 0.3) is 0 Å². The molecular weight excluding hydrogens is 356 g/mol. The second-order valence-corrected chi connectivity index (χ2v) is 7.76. The first kappa shape index (κ1) is 18.9. The van der Waals surface area contributed by atoms with Crippen molar-refractivity contribution in [1.82, 2.24) is 19.4 Å². The van der Waals surface area contributed by atoms with Crippen LogP contribution < -0.4 is 5.56 Å². The van der Waals surface area contributed by atoms with E-state index in [0.29, 0.717) is 31.2 Å². The maximum atomic E-state index is 13.0. The number of nitrogens with zero attached hydrogens (tertiary/aromatic N) is 3. The average Bonchev–Trinajstić information content (AvgIpc) is 3.20. The number of aromatic nitrogens is 3. The van der Waals surface area contributed by atoms with Crippen molar-refractivity contribution in [3.05, 3.63) is 51.5 Å². The first-order chi connectivity index (χ1) is 13.7. The summed E-state index contributed by atoms with van der Waals surface area (Å²) in [6.07, 6.45) is 9.60. The van der Waals surface area contributed by atoms with Gasteiger partial charge in [-0.1, -0.05) is 0 Å². The number of nitrogens with one attached hydrogen (secondary N) is 1. The number of H-pyrrole nitrogens is 1. The molecule has 1 aliphatic carbocycles. The molecule has 1 fully saturated rings. The fraction of sp³-hybridized carbons (Fsp3) is 0.571. The lowest BCUT2D eigenvalue weighted by Gasteiger charge is -2.32. The second-order valence-electron chi connectivity index (χ2n) is 7.76. The van der Waals surface area contributed by atoms with Gasteiger partial charge in [-0.05, 0) is 50.2 Å². The Hall–Kier alpha value is -2.41. The van der Waals surface area contributed by atoms with Crippen molar-refractivity contribution in [2.45, 2.75) is 51.0 Å². The molecule has 150 valence electrons. The SMILES string of the molecule is COCCn1ccnc1C1CCN(C(=O)c2cc3c([nH]c2=O)CCCC3)CC1. The van der Waals surface area contributed by atoms with Gasteiger partial charge in [0.15, 0.2) is 0 Å². The van der Waals surface area contributed by atoms with E-state index in [-0.39, 0.29) is 11.5 Å². The maximum Gasteiger partial charge on any atom is 0.261 e. The lowest BCUT2D eigenvalue weighted by atomic mass is 9.93. The number of likely N-dealkylation sites (tertiary alicyclic amines) is 1. The second kappa shape index (κ2) is 8.31. The van der Waals surface area contributed by atoms with Gasteiger partial charge < -0.3 is 19.2 Å². The van der Waals surface area contributed by atoms with Crippen LogP contribution in [0.1, 0.15) is 59.0 Å². The van der Waals surface area contributed by atoms with Crippen molar-refractivity contribution < 1.29 is 9.53 Å². The summed E-state index contributed by atoms with van der Waals surface area (Å²) in [4.78, 5) is 34.7. The van der Waals surface area contributed by atoms with Crippen LogP contribution in [0.3, 0.4) is 0 Å². The van der Waals surface area contributed by atoms with Crippen LogP contribution in [0.2, 0.25) is 0 Å². The number of methoxy groups -OCH3 is 1. The smallest absolute Gasteiger partial charge is 0.261 e. The first-order valence-electron chi connectivity index (χ1n) is 10.2. The van der Waals surface area contributed by atoms with E-state index in [4.69, 9.17) is 4.74 Å². The Morgan fingerprint density at radius 2 is 2.07 bits per heavy atom. The molecule has 1 saturated heterocycles. The molecule has 0 atom stereocenters. The number of hydrogen-bond donors (Lipinski definition) is 1. The van der Waals surface area contributed by atoms with E-state index < -0.39 is 0 Å². The molecule has 0 unspecified atom stereocenters. The van der Waals surface area contributed by atoms with Gasteiger partial charge in [0, 0.05) is 50.7 Å². The van der Waals surface area contributed by atoms with E-state index in [1.807, 2.05) is 23.4 Å². The molecule has 7 nitrogen and oxygen atoms in total. The largest absolute Gasteiger partial charge is 0.383 e. The summed E-state index contributed by atoms with van der Waals surface area (Å²) in [6.45, 7) is 2.74. The molecule has 0 aromatic carbocycles. The minimum absolute atomic E-state index is 0.143. The number of hydrogen-bond acceptors (Lipinski definition) is 4. The van der Waals surface area contributed by atoms with Crippen LogP contribution in [-0.4, -0.2) is 52.1 Å². The Bertz CT molecular complexity index is 893. The van der Waals surface area contributed by atoms with Crippen LogP contribution >= 0.6 is 0 Å². The third-order valence-corrected chi connectivity index (χ3v) is 6.00. The summed E-state index contributed by atoms with van der Waals surface area (Å²) in [5.74, 6) is 1.25. The molecular formula is C21H28N4O3. The number of carbonyl (C=O) groups is 1. The summed E-state index contributed by atoms with van der Waals surface area (Å²) in [5.41, 5.74) is 2.18. The van der Waals surface area contributed by atoms with Gasteiger partial charge in [-0.2, -0.15) is 0 Å². The lowest BCUT2D eigenvalue weighted by molar-refractivity contribution is 0.0708. The van der Waals surface area contributed by atoms with E-state index in [9.17, 15) is 9.59 Å². The monoisotopic (exact) mass is 384 g/mol. The van der Waals surface area contributed by atoms with E-state index in [2.05, 4.69) is 14.5 Å². The number of aromatic amines is 1. The molecule has 3 heterocycles. The number of fused-ring (bicyclic) bond motifs is 1. The van der Waals surface area contributed by atoms with E-state index in [1.165, 1.54) is 0 Å². The highest BCUT2D eigenvalue weighted by molar-refractivity contribution is 5.94. The third kappa shape index (κ3) is 3.76. The molecule has 1 N–H and O–H groups in total. The number of imidazole rings is 1. The molecule has 0 saturated carbocycles. The number of amides is 1. The highest BCUT2D eigenvalue weighted by Crippen LogP contribution is 2.28. The Kier molecular flexibility index (Phi) is 5.62. The number of carbonyl (C=O) groups excluding carboxylic acids is 1. The number of aryl methyl sites for hydroxylation is 2. The molecule has 7 heteroatoms. The van der Waals surface area contributed by atoms with Crippen molar-refractivity contribution >= 4 is 5.91 Å². The Morgan fingerprint density at radius 3 is 2.86 bits per heavy atom. The van der Waals surface area contributed by atoms with Crippen LogP contribution in [0.15, 0.2) is 23.3 Å². The summed E-state index contributed by atoms with van der Waals surface area (Å²) in [6, 6.07) is 1.83. The van der Waals surface area contributed by atoms with Crippen LogP contribution in [0.5, 0.6) is 0 Å². The molecule has 4 rings (SSSR count). The van der Waals surface area contributed by atoms with Gasteiger partial charge in [0.25, 0.3) is 11.5 Å². The normalized spacial score (nSPS) is 17.5. The highest BCUT2D eigenvalue weighted by Gasteiger charge is 2.28. The predicted octanol–water partition coefficient (Wildman–Crippen LogP) is 2.12. The standard InChI is InChI=1S/C21H28N4O3/c1-28-13-12-24-11-8-22-19(24)15-6-9-25(10-7-15)21(27)17-14-16-4-2-3-5-18(16)23-20(17)26/h8,11,14-15H,2-7,9-10,12-13H2,1H3,(H,23,26). The van der Waals surface area contributed by atoms with Crippen molar-refractivity contribution in [3.8, 4) is 0 Å². The lowest BCUT2D eigenvalue weighted by Crippen LogP contribution is -2.40. The molecule has 2 aromatic rings. The van der Waals surface area contributed by atoms with Gasteiger partial charge in [0.2, 0.25) is 0 Å². The number of rotatable bonds is 5. The predicted molar refractivity (Wildman–Crippen MR) is 106 cm³/mol. The zero-order valence-corrected chi connectivity index (χ0v) is 16.4. The Balaban J connectivity index is 1.44. The maximum absolute atomic E-state index is 13.0. The first-order valence-corrected chi connectivity index (χ1v) is 10.2. The third-order valence-electron chi connectivity index (χ3n) is 6.00. The molecule has 1 amide bonds. The minimum atomic E-state index is -0.247. The van der Waals surface area contributed by atoms with Crippen molar-refractivity contribution in [2.75, 3.05) is 26.8 Å². The average molecular weight is 384 g/mol. The minimum Gasteiger partial charge on any atom is -0.383 e. The molecule has 0 spiro atoms. The number of pyridine rings is 1. The quantitative estimate of drug-likeness (QED) is 0.856. The van der Waals surface area contributed by atoms with Gasteiger partial charge in [0.1, 0.15) is 11.4 Å². The van der Waals surface area contributed by atoms with Crippen molar-refractivity contribution in [2.24, 2.45) is 0 Å². The van der Waals surface area contributed by atoms with Crippen molar-refractivity contribution in [3.63, 3.8) is 0 Å². The summed E-state index contributed by atoms with van der Waals surface area (Å²) < 4.78 is 7.31. The molecule has 0 bridgehead atoms. The number of piperidine rings is 1. The van der Waals surface area contributed by atoms with Crippen molar-refractivity contribution in [1.29, 1.82) is 0 Å². The topological polar surface area (TPSA) is 80.2 Å². The zero-order valence-electron chi connectivity index (χ0n) is 16.4. The molecule has 28 heavy (non-hydrogen) atoms.